The second-order valence-electron chi connectivity index (χ2n) is 4.64. The van der Waals surface area contributed by atoms with Gasteiger partial charge in [0.15, 0.2) is 0 Å². The Morgan fingerprint density at radius 1 is 1.42 bits per heavy atom. The Morgan fingerprint density at radius 2 is 2.37 bits per heavy atom. The van der Waals surface area contributed by atoms with Crippen LogP contribution in [0.25, 0.3) is 5.69 Å². The first-order valence-corrected chi connectivity index (χ1v) is 6.39. The van der Waals surface area contributed by atoms with Crippen LogP contribution in [0.4, 0.5) is 10.1 Å². The van der Waals surface area contributed by atoms with Crippen LogP contribution in [0, 0.1) is 0 Å². The first-order chi connectivity index (χ1) is 9.33. The van der Waals surface area contributed by atoms with Gasteiger partial charge in [-0.05, 0) is 25.1 Å². The number of rotatable bonds is 3. The molecule has 6 heteroatoms. The first-order valence-electron chi connectivity index (χ1n) is 6.39. The van der Waals surface area contributed by atoms with Gasteiger partial charge in [-0.15, -0.1) is 0 Å². The highest BCUT2D eigenvalue weighted by atomic mass is 19.1. The largest absolute Gasteiger partial charge is 0.378 e. The quantitative estimate of drug-likeness (QED) is 0.876. The van der Waals surface area contributed by atoms with E-state index in [1.165, 1.54) is 0 Å². The molecule has 0 unspecified atom stereocenters. The lowest BCUT2D eigenvalue weighted by atomic mass is 10.0. The Balaban J connectivity index is 1.76. The monoisotopic (exact) mass is 261 g/mol. The lowest BCUT2D eigenvalue weighted by Gasteiger charge is -2.28. The van der Waals surface area contributed by atoms with Crippen molar-refractivity contribution in [3.8, 4) is 5.69 Å². The lowest BCUT2D eigenvalue weighted by Crippen LogP contribution is -2.45. The molecular weight excluding hydrogens is 245 g/mol. The first kappa shape index (κ1) is 12.1. The average Bonchev–Trinajstić information content (AvgIpc) is 2.96. The topological polar surface area (TPSA) is 54.8 Å². The number of nitrogens with one attached hydrogen (secondary N) is 2. The van der Waals surface area contributed by atoms with Crippen LogP contribution in [-0.4, -0.2) is 40.1 Å². The van der Waals surface area contributed by atoms with Crippen LogP contribution >= 0.6 is 0 Å². The molecule has 1 fully saturated rings. The molecule has 0 radical (unpaired) electrons. The normalized spacial score (nSPS) is 23.2. The Bertz CT molecular complexity index is 528. The van der Waals surface area contributed by atoms with Crippen LogP contribution < -0.4 is 10.6 Å². The number of hydrogen-bond donors (Lipinski definition) is 2. The summed E-state index contributed by atoms with van der Waals surface area (Å²) in [5.41, 5.74) is 1.68. The molecule has 0 spiro atoms. The van der Waals surface area contributed by atoms with Crippen molar-refractivity contribution in [1.82, 2.24) is 20.1 Å². The molecule has 1 aliphatic heterocycles. The highest BCUT2D eigenvalue weighted by molar-refractivity contribution is 5.48. The molecule has 0 saturated carbocycles. The van der Waals surface area contributed by atoms with E-state index in [-0.39, 0.29) is 6.04 Å². The predicted octanol–water partition coefficient (Wildman–Crippen LogP) is 1.38. The number of piperidine rings is 1. The average molecular weight is 261 g/mol. The van der Waals surface area contributed by atoms with Gasteiger partial charge in [0.05, 0.1) is 29.8 Å². The summed E-state index contributed by atoms with van der Waals surface area (Å²) in [6, 6.07) is 3.62. The fraction of sp³-hybridized carbons (Fsp3) is 0.385. The summed E-state index contributed by atoms with van der Waals surface area (Å²) in [6.07, 6.45) is 6.90. The predicted molar refractivity (Wildman–Crippen MR) is 71.2 cm³/mol. The molecule has 0 aromatic carbocycles. The van der Waals surface area contributed by atoms with Crippen molar-refractivity contribution in [2.45, 2.75) is 18.6 Å². The van der Waals surface area contributed by atoms with E-state index in [1.54, 1.807) is 23.3 Å². The third kappa shape index (κ3) is 2.73. The number of pyridine rings is 1. The minimum atomic E-state index is -0.873. The second-order valence-corrected chi connectivity index (χ2v) is 4.64. The zero-order valence-corrected chi connectivity index (χ0v) is 10.5. The van der Waals surface area contributed by atoms with E-state index in [0.717, 1.165) is 24.3 Å². The molecule has 3 heterocycles. The molecule has 2 atom stereocenters. The molecule has 1 saturated heterocycles. The van der Waals surface area contributed by atoms with E-state index in [9.17, 15) is 4.39 Å². The van der Waals surface area contributed by atoms with Crippen molar-refractivity contribution in [2.24, 2.45) is 0 Å². The molecular formula is C13H16FN5. The Morgan fingerprint density at radius 3 is 3.16 bits per heavy atom. The molecule has 0 amide bonds. The van der Waals surface area contributed by atoms with E-state index >= 15 is 0 Å². The maximum Gasteiger partial charge on any atom is 0.132 e. The second kappa shape index (κ2) is 5.36. The van der Waals surface area contributed by atoms with Crippen molar-refractivity contribution in [1.29, 1.82) is 0 Å². The summed E-state index contributed by atoms with van der Waals surface area (Å²) in [7, 11) is 0. The molecule has 5 nitrogen and oxygen atoms in total. The summed E-state index contributed by atoms with van der Waals surface area (Å²) in [5, 5.41) is 10.4. The van der Waals surface area contributed by atoms with Crippen molar-refractivity contribution >= 4 is 5.69 Å². The number of aromatic nitrogens is 3. The third-order valence-electron chi connectivity index (χ3n) is 3.25. The fourth-order valence-electron chi connectivity index (χ4n) is 2.25. The molecule has 100 valence electrons. The van der Waals surface area contributed by atoms with Gasteiger partial charge >= 0.3 is 0 Å². The minimum absolute atomic E-state index is 0.157. The molecule has 2 aromatic rings. The van der Waals surface area contributed by atoms with Crippen LogP contribution in [0.5, 0.6) is 0 Å². The molecule has 1 aliphatic rings. The highest BCUT2D eigenvalue weighted by Crippen LogP contribution is 2.17. The maximum atomic E-state index is 13.7. The number of nitrogens with zero attached hydrogens (tertiary/aromatic N) is 3. The number of anilines is 1. The van der Waals surface area contributed by atoms with E-state index in [0.29, 0.717) is 6.54 Å². The molecule has 2 N–H and O–H groups in total. The van der Waals surface area contributed by atoms with Gasteiger partial charge in [0.2, 0.25) is 0 Å². The van der Waals surface area contributed by atoms with E-state index in [2.05, 4.69) is 20.7 Å². The van der Waals surface area contributed by atoms with Gasteiger partial charge in [-0.2, -0.15) is 5.10 Å². The smallest absolute Gasteiger partial charge is 0.132 e. The van der Waals surface area contributed by atoms with Crippen molar-refractivity contribution in [3.63, 3.8) is 0 Å². The zero-order chi connectivity index (χ0) is 13.1. The van der Waals surface area contributed by atoms with E-state index < -0.39 is 6.17 Å². The summed E-state index contributed by atoms with van der Waals surface area (Å²) in [5.74, 6) is 0. The van der Waals surface area contributed by atoms with Crippen LogP contribution in [0.3, 0.4) is 0 Å². The molecule has 3 rings (SSSR count). The van der Waals surface area contributed by atoms with Gasteiger partial charge in [0.25, 0.3) is 0 Å². The van der Waals surface area contributed by atoms with Crippen molar-refractivity contribution < 1.29 is 4.39 Å². The number of hydrogen-bond acceptors (Lipinski definition) is 4. The van der Waals surface area contributed by atoms with Gasteiger partial charge < -0.3 is 10.6 Å². The Labute approximate surface area is 110 Å². The number of halogens is 1. The Kier molecular flexibility index (Phi) is 3.41. The fourth-order valence-corrected chi connectivity index (χ4v) is 2.25. The molecule has 2 aromatic heterocycles. The summed E-state index contributed by atoms with van der Waals surface area (Å²) in [4.78, 5) is 4.17. The van der Waals surface area contributed by atoms with Crippen LogP contribution in [0.15, 0.2) is 36.9 Å². The standard InChI is InChI=1S/C13H16FN5/c14-12-9-15-4-2-13(12)18-10-6-11(8-16-7-10)19-5-1-3-17-19/h1,3,5-8,12-13,15,18H,2,4,9H2/t12-,13+/m0/s1. The van der Waals surface area contributed by atoms with Gasteiger partial charge in [0.1, 0.15) is 6.17 Å². The van der Waals surface area contributed by atoms with Crippen LogP contribution in [0.1, 0.15) is 6.42 Å². The van der Waals surface area contributed by atoms with E-state index in [4.69, 9.17) is 0 Å². The van der Waals surface area contributed by atoms with Crippen LogP contribution in [-0.2, 0) is 0 Å². The Hall–Kier alpha value is -1.95. The van der Waals surface area contributed by atoms with Crippen molar-refractivity contribution in [3.05, 3.63) is 36.9 Å². The number of alkyl halides is 1. The SMILES string of the molecule is F[C@H]1CNCC[C@H]1Nc1cncc(-n2cccn2)c1. The van der Waals surface area contributed by atoms with Crippen LogP contribution in [0.2, 0.25) is 0 Å². The molecule has 0 aliphatic carbocycles. The zero-order valence-electron chi connectivity index (χ0n) is 10.5. The lowest BCUT2D eigenvalue weighted by molar-refractivity contribution is 0.245. The maximum absolute atomic E-state index is 13.7. The molecule has 0 bridgehead atoms. The minimum Gasteiger partial charge on any atom is -0.378 e. The van der Waals surface area contributed by atoms with E-state index in [1.807, 2.05) is 18.3 Å². The van der Waals surface area contributed by atoms with Gasteiger partial charge in [-0.25, -0.2) is 9.07 Å². The van der Waals surface area contributed by atoms with Crippen molar-refractivity contribution in [2.75, 3.05) is 18.4 Å². The van der Waals surface area contributed by atoms with Gasteiger partial charge in [-0.3, -0.25) is 4.98 Å². The molecule has 19 heavy (non-hydrogen) atoms. The third-order valence-corrected chi connectivity index (χ3v) is 3.25. The summed E-state index contributed by atoms with van der Waals surface area (Å²) < 4.78 is 15.5. The summed E-state index contributed by atoms with van der Waals surface area (Å²) >= 11 is 0. The highest BCUT2D eigenvalue weighted by Gasteiger charge is 2.24. The summed E-state index contributed by atoms with van der Waals surface area (Å²) in [6.45, 7) is 1.24. The van der Waals surface area contributed by atoms with Gasteiger partial charge in [0, 0.05) is 18.9 Å². The van der Waals surface area contributed by atoms with Gasteiger partial charge in [-0.1, -0.05) is 0 Å².